The second-order valence-corrected chi connectivity index (χ2v) is 4.02. The number of benzene rings is 2. The van der Waals surface area contributed by atoms with Crippen LogP contribution in [0.5, 0.6) is 11.5 Å². The first-order chi connectivity index (χ1) is 8.06. The summed E-state index contributed by atoms with van der Waals surface area (Å²) >= 11 is 0. The highest BCUT2D eigenvalue weighted by atomic mass is 19.1. The standard InChI is InChI=1S/C14H14FNO/c1-9-4-3-5-14(10(9)2)17-13-7-11(15)6-12(16)8-13/h3-8H,16H2,1-2H3. The maximum absolute atomic E-state index is 13.2. The maximum atomic E-state index is 13.2. The smallest absolute Gasteiger partial charge is 0.132 e. The molecule has 17 heavy (non-hydrogen) atoms. The summed E-state index contributed by atoms with van der Waals surface area (Å²) in [6.07, 6.45) is 0. The van der Waals surface area contributed by atoms with Crippen molar-refractivity contribution in [3.05, 3.63) is 53.3 Å². The number of hydrogen-bond donors (Lipinski definition) is 1. The van der Waals surface area contributed by atoms with E-state index in [2.05, 4.69) is 0 Å². The van der Waals surface area contributed by atoms with Gasteiger partial charge < -0.3 is 10.5 Å². The zero-order chi connectivity index (χ0) is 12.4. The molecule has 88 valence electrons. The first-order valence-electron chi connectivity index (χ1n) is 5.36. The summed E-state index contributed by atoms with van der Waals surface area (Å²) < 4.78 is 18.8. The maximum Gasteiger partial charge on any atom is 0.132 e. The van der Waals surface area contributed by atoms with Crippen molar-refractivity contribution in [3.8, 4) is 11.5 Å². The Morgan fingerprint density at radius 2 is 1.88 bits per heavy atom. The van der Waals surface area contributed by atoms with Gasteiger partial charge in [-0.25, -0.2) is 4.39 Å². The molecule has 0 atom stereocenters. The number of nitrogens with two attached hydrogens (primary N) is 1. The molecule has 0 fully saturated rings. The first kappa shape index (κ1) is 11.5. The van der Waals surface area contributed by atoms with Crippen molar-refractivity contribution in [2.24, 2.45) is 0 Å². The zero-order valence-corrected chi connectivity index (χ0v) is 9.83. The topological polar surface area (TPSA) is 35.2 Å². The van der Waals surface area contributed by atoms with Crippen LogP contribution in [0.4, 0.5) is 10.1 Å². The van der Waals surface area contributed by atoms with E-state index in [0.29, 0.717) is 11.4 Å². The average molecular weight is 231 g/mol. The molecular formula is C14H14FNO. The van der Waals surface area contributed by atoms with Gasteiger partial charge in [-0.2, -0.15) is 0 Å². The van der Waals surface area contributed by atoms with E-state index >= 15 is 0 Å². The van der Waals surface area contributed by atoms with Gasteiger partial charge in [-0.05, 0) is 37.1 Å². The lowest BCUT2D eigenvalue weighted by Crippen LogP contribution is -1.92. The summed E-state index contributed by atoms with van der Waals surface area (Å²) in [6.45, 7) is 3.97. The third-order valence-electron chi connectivity index (χ3n) is 2.68. The molecule has 2 aromatic rings. The quantitative estimate of drug-likeness (QED) is 0.797. The van der Waals surface area contributed by atoms with Crippen LogP contribution in [0.3, 0.4) is 0 Å². The Balaban J connectivity index is 2.34. The van der Waals surface area contributed by atoms with E-state index in [9.17, 15) is 4.39 Å². The lowest BCUT2D eigenvalue weighted by Gasteiger charge is -2.11. The van der Waals surface area contributed by atoms with Crippen molar-refractivity contribution in [2.75, 3.05) is 5.73 Å². The van der Waals surface area contributed by atoms with Gasteiger partial charge in [0.05, 0.1) is 0 Å². The minimum atomic E-state index is -0.398. The van der Waals surface area contributed by atoms with Crippen LogP contribution in [-0.2, 0) is 0 Å². The van der Waals surface area contributed by atoms with Crippen molar-refractivity contribution in [3.63, 3.8) is 0 Å². The Morgan fingerprint density at radius 1 is 1.12 bits per heavy atom. The zero-order valence-electron chi connectivity index (χ0n) is 9.83. The van der Waals surface area contributed by atoms with Gasteiger partial charge >= 0.3 is 0 Å². The fourth-order valence-corrected chi connectivity index (χ4v) is 1.61. The number of hydrogen-bond acceptors (Lipinski definition) is 2. The molecule has 0 aliphatic rings. The van der Waals surface area contributed by atoms with Crippen molar-refractivity contribution in [1.29, 1.82) is 0 Å². The Labute approximate surface area is 99.8 Å². The lowest BCUT2D eigenvalue weighted by atomic mass is 10.1. The van der Waals surface area contributed by atoms with Crippen LogP contribution in [0.1, 0.15) is 11.1 Å². The Hall–Kier alpha value is -2.03. The number of halogens is 1. The van der Waals surface area contributed by atoms with Gasteiger partial charge in [0, 0.05) is 17.8 Å². The van der Waals surface area contributed by atoms with Gasteiger partial charge in [0.1, 0.15) is 17.3 Å². The number of aryl methyl sites for hydroxylation is 1. The summed E-state index contributed by atoms with van der Waals surface area (Å²) in [5.74, 6) is 0.733. The summed E-state index contributed by atoms with van der Waals surface area (Å²) in [7, 11) is 0. The van der Waals surface area contributed by atoms with E-state index in [-0.39, 0.29) is 0 Å². The highest BCUT2D eigenvalue weighted by molar-refractivity contribution is 5.47. The van der Waals surface area contributed by atoms with Crippen LogP contribution in [0, 0.1) is 19.7 Å². The van der Waals surface area contributed by atoms with Crippen molar-refractivity contribution < 1.29 is 9.13 Å². The molecule has 0 aromatic heterocycles. The molecule has 0 saturated heterocycles. The Morgan fingerprint density at radius 3 is 2.59 bits per heavy atom. The second-order valence-electron chi connectivity index (χ2n) is 4.02. The average Bonchev–Trinajstić information content (AvgIpc) is 2.23. The molecule has 2 nitrogen and oxygen atoms in total. The molecular weight excluding hydrogens is 217 g/mol. The molecule has 0 unspecified atom stereocenters. The molecule has 2 rings (SSSR count). The van der Waals surface area contributed by atoms with E-state index in [1.165, 1.54) is 12.1 Å². The third kappa shape index (κ3) is 2.56. The largest absolute Gasteiger partial charge is 0.457 e. The van der Waals surface area contributed by atoms with Crippen molar-refractivity contribution >= 4 is 5.69 Å². The van der Waals surface area contributed by atoms with E-state index < -0.39 is 5.82 Å². The molecule has 3 heteroatoms. The second kappa shape index (κ2) is 4.45. The molecule has 0 saturated carbocycles. The van der Waals surface area contributed by atoms with Crippen LogP contribution in [0.25, 0.3) is 0 Å². The van der Waals surface area contributed by atoms with E-state index in [1.807, 2.05) is 32.0 Å². The predicted octanol–water partition coefficient (Wildman–Crippen LogP) is 3.82. The number of ether oxygens (including phenoxy) is 1. The van der Waals surface area contributed by atoms with Crippen molar-refractivity contribution in [2.45, 2.75) is 13.8 Å². The molecule has 0 amide bonds. The van der Waals surface area contributed by atoms with Gasteiger partial charge in [0.15, 0.2) is 0 Å². The van der Waals surface area contributed by atoms with Gasteiger partial charge in [-0.15, -0.1) is 0 Å². The summed E-state index contributed by atoms with van der Waals surface area (Å²) in [5, 5.41) is 0. The molecule has 0 aliphatic carbocycles. The SMILES string of the molecule is Cc1cccc(Oc2cc(N)cc(F)c2)c1C. The fourth-order valence-electron chi connectivity index (χ4n) is 1.61. The predicted molar refractivity (Wildman–Crippen MR) is 66.8 cm³/mol. The normalized spacial score (nSPS) is 10.3. The van der Waals surface area contributed by atoms with E-state index in [0.717, 1.165) is 16.9 Å². The molecule has 0 bridgehead atoms. The van der Waals surface area contributed by atoms with Crippen molar-refractivity contribution in [1.82, 2.24) is 0 Å². The minimum absolute atomic E-state index is 0.352. The van der Waals surface area contributed by atoms with Crippen LogP contribution in [-0.4, -0.2) is 0 Å². The monoisotopic (exact) mass is 231 g/mol. The van der Waals surface area contributed by atoms with Gasteiger partial charge in [0.2, 0.25) is 0 Å². The third-order valence-corrected chi connectivity index (χ3v) is 2.68. The summed E-state index contributed by atoms with van der Waals surface area (Å²) in [5.41, 5.74) is 8.08. The highest BCUT2D eigenvalue weighted by Crippen LogP contribution is 2.28. The first-order valence-corrected chi connectivity index (χ1v) is 5.36. The lowest BCUT2D eigenvalue weighted by molar-refractivity contribution is 0.473. The Kier molecular flexibility index (Phi) is 3.00. The molecule has 0 heterocycles. The fraction of sp³-hybridized carbons (Fsp3) is 0.143. The van der Waals surface area contributed by atoms with E-state index in [1.54, 1.807) is 6.07 Å². The summed E-state index contributed by atoms with van der Waals surface area (Å²) in [4.78, 5) is 0. The van der Waals surface area contributed by atoms with E-state index in [4.69, 9.17) is 10.5 Å². The molecule has 2 aromatic carbocycles. The van der Waals surface area contributed by atoms with Crippen LogP contribution < -0.4 is 10.5 Å². The summed E-state index contributed by atoms with van der Waals surface area (Å²) in [6, 6.07) is 9.94. The van der Waals surface area contributed by atoms with Gasteiger partial charge in [-0.1, -0.05) is 12.1 Å². The minimum Gasteiger partial charge on any atom is -0.457 e. The number of nitrogen functional groups attached to an aromatic ring is 1. The molecule has 2 N–H and O–H groups in total. The van der Waals surface area contributed by atoms with Crippen LogP contribution in [0.15, 0.2) is 36.4 Å². The van der Waals surface area contributed by atoms with Gasteiger partial charge in [0.25, 0.3) is 0 Å². The van der Waals surface area contributed by atoms with Crippen LogP contribution in [0.2, 0.25) is 0 Å². The molecule has 0 aliphatic heterocycles. The molecule has 0 radical (unpaired) electrons. The van der Waals surface area contributed by atoms with Gasteiger partial charge in [-0.3, -0.25) is 0 Å². The highest BCUT2D eigenvalue weighted by Gasteiger charge is 2.05. The number of anilines is 1. The molecule has 0 spiro atoms. The Bertz CT molecular complexity index is 532. The number of rotatable bonds is 2. The van der Waals surface area contributed by atoms with Crippen LogP contribution >= 0.6 is 0 Å².